The molecule has 0 atom stereocenters. The normalized spacial score (nSPS) is 16.3. The van der Waals surface area contributed by atoms with Gasteiger partial charge in [-0.3, -0.25) is 4.90 Å². The van der Waals surface area contributed by atoms with Gasteiger partial charge >= 0.3 is 5.97 Å². The largest absolute Gasteiger partial charge is 0.465 e. The third-order valence-electron chi connectivity index (χ3n) is 4.49. The number of carbonyl (C=O) groups is 1. The Morgan fingerprint density at radius 1 is 0.962 bits per heavy atom. The molecule has 1 fully saturated rings. The first kappa shape index (κ1) is 18.6. The number of benzene rings is 2. The van der Waals surface area contributed by atoms with Crippen LogP contribution in [-0.2, 0) is 21.3 Å². The highest BCUT2D eigenvalue weighted by atomic mass is 32.2. The summed E-state index contributed by atoms with van der Waals surface area (Å²) in [6.07, 6.45) is 0. The predicted octanol–water partition coefficient (Wildman–Crippen LogP) is 1.98. The monoisotopic (exact) mass is 374 g/mol. The molecule has 26 heavy (non-hydrogen) atoms. The summed E-state index contributed by atoms with van der Waals surface area (Å²) in [5, 5.41) is 0. The van der Waals surface area contributed by atoms with E-state index in [1.165, 1.54) is 7.11 Å². The summed E-state index contributed by atoms with van der Waals surface area (Å²) < 4.78 is 31.5. The summed E-state index contributed by atoms with van der Waals surface area (Å²) in [7, 11) is -2.06. The molecule has 0 bridgehead atoms. The molecule has 2 aromatic carbocycles. The Kier molecular flexibility index (Phi) is 5.70. The van der Waals surface area contributed by atoms with E-state index >= 15 is 0 Å². The van der Waals surface area contributed by atoms with Gasteiger partial charge in [-0.25, -0.2) is 13.2 Å². The van der Waals surface area contributed by atoms with Crippen molar-refractivity contribution in [3.8, 4) is 0 Å². The zero-order chi connectivity index (χ0) is 18.6. The van der Waals surface area contributed by atoms with Crippen LogP contribution in [0.5, 0.6) is 0 Å². The highest BCUT2D eigenvalue weighted by molar-refractivity contribution is 7.89. The number of rotatable bonds is 5. The molecule has 0 radical (unpaired) electrons. The SMILES string of the molecule is COC(=O)c1ccc(CN2CCN(S(=O)(=O)c3ccccc3)CC2)cc1. The number of sulfonamides is 1. The molecule has 0 aliphatic carbocycles. The Bertz CT molecular complexity index is 843. The summed E-state index contributed by atoms with van der Waals surface area (Å²) in [6.45, 7) is 3.01. The Morgan fingerprint density at radius 3 is 2.15 bits per heavy atom. The van der Waals surface area contributed by atoms with Crippen LogP contribution in [-0.4, -0.2) is 56.9 Å². The van der Waals surface area contributed by atoms with E-state index in [1.807, 2.05) is 18.2 Å². The second kappa shape index (κ2) is 7.99. The van der Waals surface area contributed by atoms with E-state index in [4.69, 9.17) is 4.74 Å². The van der Waals surface area contributed by atoms with Gasteiger partial charge in [-0.05, 0) is 29.8 Å². The van der Waals surface area contributed by atoms with Crippen LogP contribution in [0.3, 0.4) is 0 Å². The highest BCUT2D eigenvalue weighted by Gasteiger charge is 2.28. The Labute approximate surface area is 154 Å². The van der Waals surface area contributed by atoms with E-state index in [0.29, 0.717) is 36.6 Å². The van der Waals surface area contributed by atoms with Crippen LogP contribution < -0.4 is 0 Å². The molecule has 1 aliphatic rings. The average molecular weight is 374 g/mol. The molecular formula is C19H22N2O4S. The lowest BCUT2D eigenvalue weighted by atomic mass is 10.1. The van der Waals surface area contributed by atoms with E-state index in [2.05, 4.69) is 4.90 Å². The molecule has 1 heterocycles. The first-order chi connectivity index (χ1) is 12.5. The van der Waals surface area contributed by atoms with Gasteiger partial charge < -0.3 is 4.74 Å². The molecule has 0 amide bonds. The maximum absolute atomic E-state index is 12.6. The van der Waals surface area contributed by atoms with Gasteiger partial charge in [0, 0.05) is 32.7 Å². The van der Waals surface area contributed by atoms with Crippen LogP contribution in [0.4, 0.5) is 0 Å². The van der Waals surface area contributed by atoms with Crippen LogP contribution in [0.15, 0.2) is 59.5 Å². The van der Waals surface area contributed by atoms with E-state index in [0.717, 1.165) is 12.1 Å². The number of hydrogen-bond acceptors (Lipinski definition) is 5. The number of esters is 1. The fourth-order valence-corrected chi connectivity index (χ4v) is 4.44. The lowest BCUT2D eigenvalue weighted by Crippen LogP contribution is -2.48. The quantitative estimate of drug-likeness (QED) is 0.749. The summed E-state index contributed by atoms with van der Waals surface area (Å²) in [6, 6.07) is 15.8. The molecule has 2 aromatic rings. The highest BCUT2D eigenvalue weighted by Crippen LogP contribution is 2.18. The first-order valence-corrected chi connectivity index (χ1v) is 9.89. The lowest BCUT2D eigenvalue weighted by Gasteiger charge is -2.34. The second-order valence-electron chi connectivity index (χ2n) is 6.18. The number of carbonyl (C=O) groups excluding carboxylic acids is 1. The molecule has 1 aliphatic heterocycles. The van der Waals surface area contributed by atoms with Crippen molar-refractivity contribution in [2.45, 2.75) is 11.4 Å². The first-order valence-electron chi connectivity index (χ1n) is 8.45. The van der Waals surface area contributed by atoms with Crippen LogP contribution >= 0.6 is 0 Å². The third-order valence-corrected chi connectivity index (χ3v) is 6.41. The third kappa shape index (κ3) is 4.12. The fraction of sp³-hybridized carbons (Fsp3) is 0.316. The Morgan fingerprint density at radius 2 is 1.58 bits per heavy atom. The number of hydrogen-bond donors (Lipinski definition) is 0. The van der Waals surface area contributed by atoms with Gasteiger partial charge in [0.25, 0.3) is 0 Å². The number of nitrogens with zero attached hydrogens (tertiary/aromatic N) is 2. The summed E-state index contributed by atoms with van der Waals surface area (Å²) in [5.41, 5.74) is 1.60. The van der Waals surface area contributed by atoms with Crippen molar-refractivity contribution in [1.82, 2.24) is 9.21 Å². The number of ether oxygens (including phenoxy) is 1. The minimum Gasteiger partial charge on any atom is -0.465 e. The van der Waals surface area contributed by atoms with Crippen LogP contribution in [0.1, 0.15) is 15.9 Å². The fourth-order valence-electron chi connectivity index (χ4n) is 2.99. The molecule has 0 spiro atoms. The number of piperazine rings is 1. The van der Waals surface area contributed by atoms with E-state index in [9.17, 15) is 13.2 Å². The molecule has 7 heteroatoms. The standard InChI is InChI=1S/C19H22N2O4S/c1-25-19(22)17-9-7-16(8-10-17)15-20-11-13-21(14-12-20)26(23,24)18-5-3-2-4-6-18/h2-10H,11-15H2,1H3. The maximum atomic E-state index is 12.6. The minimum absolute atomic E-state index is 0.340. The van der Waals surface area contributed by atoms with Crippen molar-refractivity contribution < 1.29 is 17.9 Å². The van der Waals surface area contributed by atoms with Crippen molar-refractivity contribution in [2.24, 2.45) is 0 Å². The van der Waals surface area contributed by atoms with Crippen LogP contribution in [0.2, 0.25) is 0 Å². The van der Waals surface area contributed by atoms with E-state index in [-0.39, 0.29) is 5.97 Å². The zero-order valence-corrected chi connectivity index (χ0v) is 15.5. The van der Waals surface area contributed by atoms with Gasteiger partial charge in [-0.2, -0.15) is 4.31 Å². The molecule has 1 saturated heterocycles. The van der Waals surface area contributed by atoms with Crippen molar-refractivity contribution >= 4 is 16.0 Å². The van der Waals surface area contributed by atoms with E-state index in [1.54, 1.807) is 40.7 Å². The van der Waals surface area contributed by atoms with Gasteiger partial charge in [-0.15, -0.1) is 0 Å². The molecule has 0 aromatic heterocycles. The van der Waals surface area contributed by atoms with Gasteiger partial charge in [0.1, 0.15) is 0 Å². The van der Waals surface area contributed by atoms with Crippen molar-refractivity contribution in [3.63, 3.8) is 0 Å². The van der Waals surface area contributed by atoms with Crippen molar-refractivity contribution in [2.75, 3.05) is 33.3 Å². The molecule has 3 rings (SSSR count). The molecule has 138 valence electrons. The summed E-state index contributed by atoms with van der Waals surface area (Å²) >= 11 is 0. The van der Waals surface area contributed by atoms with Gasteiger partial charge in [0.15, 0.2) is 0 Å². The Balaban J connectivity index is 1.58. The summed E-state index contributed by atoms with van der Waals surface area (Å²) in [5.74, 6) is -0.351. The lowest BCUT2D eigenvalue weighted by molar-refractivity contribution is 0.0600. The van der Waals surface area contributed by atoms with Crippen molar-refractivity contribution in [3.05, 3.63) is 65.7 Å². The van der Waals surface area contributed by atoms with Crippen LogP contribution in [0.25, 0.3) is 0 Å². The molecule has 0 saturated carbocycles. The molecule has 0 unspecified atom stereocenters. The average Bonchev–Trinajstić information content (AvgIpc) is 2.69. The van der Waals surface area contributed by atoms with Crippen LogP contribution in [0, 0.1) is 0 Å². The summed E-state index contributed by atoms with van der Waals surface area (Å²) in [4.78, 5) is 14.0. The second-order valence-corrected chi connectivity index (χ2v) is 8.12. The molecule has 0 N–H and O–H groups in total. The van der Waals surface area contributed by atoms with Crippen molar-refractivity contribution in [1.29, 1.82) is 0 Å². The topological polar surface area (TPSA) is 66.9 Å². The Hall–Kier alpha value is -2.22. The smallest absolute Gasteiger partial charge is 0.337 e. The molecular weight excluding hydrogens is 352 g/mol. The molecule has 6 nitrogen and oxygen atoms in total. The van der Waals surface area contributed by atoms with Gasteiger partial charge in [0.2, 0.25) is 10.0 Å². The zero-order valence-electron chi connectivity index (χ0n) is 14.7. The maximum Gasteiger partial charge on any atom is 0.337 e. The van der Waals surface area contributed by atoms with E-state index < -0.39 is 10.0 Å². The van der Waals surface area contributed by atoms with Gasteiger partial charge in [0.05, 0.1) is 17.6 Å². The predicted molar refractivity (Wildman–Crippen MR) is 98.3 cm³/mol. The van der Waals surface area contributed by atoms with Gasteiger partial charge in [-0.1, -0.05) is 30.3 Å². The minimum atomic E-state index is -3.42. The number of methoxy groups -OCH3 is 1.